The van der Waals surface area contributed by atoms with E-state index in [1.165, 1.54) is 13.2 Å². The molecule has 1 fully saturated rings. The molecule has 6 nitrogen and oxygen atoms in total. The highest BCUT2D eigenvalue weighted by molar-refractivity contribution is 7.92. The second-order valence-corrected chi connectivity index (χ2v) is 9.71. The van der Waals surface area contributed by atoms with Gasteiger partial charge in [0.05, 0.1) is 22.7 Å². The van der Waals surface area contributed by atoms with Gasteiger partial charge in [0.25, 0.3) is 10.0 Å². The average molecular weight is 451 g/mol. The zero-order valence-electron chi connectivity index (χ0n) is 17.3. The monoisotopic (exact) mass is 450 g/mol. The number of ether oxygens (including phenoxy) is 1. The van der Waals surface area contributed by atoms with Crippen molar-refractivity contribution in [3.8, 4) is 5.75 Å². The highest BCUT2D eigenvalue weighted by Gasteiger charge is 2.29. The molecule has 0 N–H and O–H groups in total. The first kappa shape index (κ1) is 22.4. The SMILES string of the molecule is COc1ccc(N(CC(=O)N2CCCCCC2)S(=O)(=O)c2ccc(C)cc2)cc1Cl. The van der Waals surface area contributed by atoms with Crippen molar-refractivity contribution in [1.29, 1.82) is 0 Å². The van der Waals surface area contributed by atoms with E-state index in [0.717, 1.165) is 35.6 Å². The van der Waals surface area contributed by atoms with Gasteiger partial charge in [0.2, 0.25) is 5.91 Å². The molecule has 1 heterocycles. The maximum Gasteiger partial charge on any atom is 0.264 e. The number of likely N-dealkylation sites (tertiary alicyclic amines) is 1. The van der Waals surface area contributed by atoms with Gasteiger partial charge in [-0.2, -0.15) is 0 Å². The summed E-state index contributed by atoms with van der Waals surface area (Å²) in [6, 6.07) is 11.3. The molecule has 30 heavy (non-hydrogen) atoms. The van der Waals surface area contributed by atoms with E-state index in [1.807, 2.05) is 6.92 Å². The molecule has 0 radical (unpaired) electrons. The molecule has 8 heteroatoms. The van der Waals surface area contributed by atoms with Crippen LogP contribution in [0.3, 0.4) is 0 Å². The van der Waals surface area contributed by atoms with Crippen molar-refractivity contribution in [2.45, 2.75) is 37.5 Å². The normalized spacial score (nSPS) is 14.8. The van der Waals surface area contributed by atoms with E-state index in [1.54, 1.807) is 41.3 Å². The van der Waals surface area contributed by atoms with Gasteiger partial charge in [-0.15, -0.1) is 0 Å². The van der Waals surface area contributed by atoms with Crippen LogP contribution in [0.5, 0.6) is 5.75 Å². The second kappa shape index (κ2) is 9.71. The highest BCUT2D eigenvalue weighted by atomic mass is 35.5. The molecule has 2 aromatic rings. The third kappa shape index (κ3) is 5.08. The van der Waals surface area contributed by atoms with Crippen LogP contribution >= 0.6 is 11.6 Å². The van der Waals surface area contributed by atoms with E-state index in [4.69, 9.17) is 16.3 Å². The lowest BCUT2D eigenvalue weighted by Crippen LogP contribution is -2.43. The minimum Gasteiger partial charge on any atom is -0.495 e. The molecule has 1 amide bonds. The summed E-state index contributed by atoms with van der Waals surface area (Å²) in [5, 5.41) is 0.279. The van der Waals surface area contributed by atoms with E-state index >= 15 is 0 Å². The highest BCUT2D eigenvalue weighted by Crippen LogP contribution is 2.32. The van der Waals surface area contributed by atoms with Crippen LogP contribution in [0.25, 0.3) is 0 Å². The number of amides is 1. The Balaban J connectivity index is 1.98. The molecular weight excluding hydrogens is 424 g/mol. The van der Waals surface area contributed by atoms with Crippen LogP contribution in [0.1, 0.15) is 31.2 Å². The zero-order chi connectivity index (χ0) is 21.7. The summed E-state index contributed by atoms with van der Waals surface area (Å²) in [7, 11) is -2.47. The zero-order valence-corrected chi connectivity index (χ0v) is 18.9. The summed E-state index contributed by atoms with van der Waals surface area (Å²) in [5.41, 5.74) is 1.28. The quantitative estimate of drug-likeness (QED) is 0.659. The Morgan fingerprint density at radius 1 is 1.07 bits per heavy atom. The maximum absolute atomic E-state index is 13.5. The average Bonchev–Trinajstić information content (AvgIpc) is 3.01. The number of rotatable bonds is 6. The molecule has 0 aliphatic carbocycles. The number of nitrogens with zero attached hydrogens (tertiary/aromatic N) is 2. The molecule has 162 valence electrons. The van der Waals surface area contributed by atoms with E-state index in [0.29, 0.717) is 24.5 Å². The number of carbonyl (C=O) groups excluding carboxylic acids is 1. The summed E-state index contributed by atoms with van der Waals surface area (Å²) in [6.07, 6.45) is 4.04. The third-order valence-corrected chi connectivity index (χ3v) is 7.35. The van der Waals surface area contributed by atoms with Crippen molar-refractivity contribution < 1.29 is 17.9 Å². The van der Waals surface area contributed by atoms with Crippen LogP contribution in [0, 0.1) is 6.92 Å². The fraction of sp³-hybridized carbons (Fsp3) is 0.409. The second-order valence-electron chi connectivity index (χ2n) is 7.44. The summed E-state index contributed by atoms with van der Waals surface area (Å²) >= 11 is 6.26. The minimum atomic E-state index is -3.96. The van der Waals surface area contributed by atoms with Crippen molar-refractivity contribution >= 4 is 33.2 Å². The molecule has 3 rings (SSSR count). The fourth-order valence-electron chi connectivity index (χ4n) is 3.51. The maximum atomic E-state index is 13.5. The standard InChI is InChI=1S/C22H27ClN2O4S/c1-17-7-10-19(11-8-17)30(27,28)25(18-9-12-21(29-2)20(23)15-18)16-22(26)24-13-5-3-4-6-14-24/h7-12,15H,3-6,13-14,16H2,1-2H3. The fourth-order valence-corrected chi connectivity index (χ4v) is 5.16. The van der Waals surface area contributed by atoms with Crippen molar-refractivity contribution in [3.05, 3.63) is 53.1 Å². The smallest absolute Gasteiger partial charge is 0.264 e. The van der Waals surface area contributed by atoms with E-state index in [9.17, 15) is 13.2 Å². The molecule has 2 aromatic carbocycles. The summed E-state index contributed by atoms with van der Waals surface area (Å²) in [6.45, 7) is 2.92. The number of aryl methyl sites for hydroxylation is 1. The number of halogens is 1. The van der Waals surface area contributed by atoms with Crippen LogP contribution in [0.15, 0.2) is 47.4 Å². The van der Waals surface area contributed by atoms with Gasteiger partial charge < -0.3 is 9.64 Å². The van der Waals surface area contributed by atoms with E-state index < -0.39 is 10.0 Å². The third-order valence-electron chi connectivity index (χ3n) is 5.27. The number of anilines is 1. The Morgan fingerprint density at radius 3 is 2.27 bits per heavy atom. The lowest BCUT2D eigenvalue weighted by atomic mass is 10.2. The van der Waals surface area contributed by atoms with E-state index in [-0.39, 0.29) is 22.4 Å². The van der Waals surface area contributed by atoms with Gasteiger partial charge >= 0.3 is 0 Å². The number of sulfonamides is 1. The molecule has 0 atom stereocenters. The number of hydrogen-bond acceptors (Lipinski definition) is 4. The molecule has 1 aliphatic heterocycles. The Morgan fingerprint density at radius 2 is 1.70 bits per heavy atom. The van der Waals surface area contributed by atoms with Crippen molar-refractivity contribution in [2.75, 3.05) is 31.0 Å². The van der Waals surface area contributed by atoms with Crippen molar-refractivity contribution in [2.24, 2.45) is 0 Å². The number of carbonyl (C=O) groups is 1. The van der Waals surface area contributed by atoms with Gasteiger partial charge in [0.1, 0.15) is 12.3 Å². The molecule has 0 aromatic heterocycles. The lowest BCUT2D eigenvalue weighted by Gasteiger charge is -2.28. The van der Waals surface area contributed by atoms with Crippen LogP contribution in [0.4, 0.5) is 5.69 Å². The first-order chi connectivity index (χ1) is 14.3. The summed E-state index contributed by atoms with van der Waals surface area (Å²) < 4.78 is 33.3. The summed E-state index contributed by atoms with van der Waals surface area (Å²) in [5.74, 6) is 0.228. The van der Waals surface area contributed by atoms with Crippen LogP contribution in [-0.2, 0) is 14.8 Å². The predicted molar refractivity (Wildman–Crippen MR) is 119 cm³/mol. The topological polar surface area (TPSA) is 66.9 Å². The number of hydrogen-bond donors (Lipinski definition) is 0. The van der Waals surface area contributed by atoms with Gasteiger partial charge in [-0.05, 0) is 50.1 Å². The predicted octanol–water partition coefficient (Wildman–Crippen LogP) is 4.25. The van der Waals surface area contributed by atoms with Gasteiger partial charge in [-0.1, -0.05) is 42.1 Å². The molecule has 0 bridgehead atoms. The first-order valence-electron chi connectivity index (χ1n) is 10.0. The summed E-state index contributed by atoms with van der Waals surface area (Å²) in [4.78, 5) is 14.9. The van der Waals surface area contributed by atoms with Gasteiger partial charge in [-0.3, -0.25) is 9.10 Å². The minimum absolute atomic E-state index is 0.128. The number of benzene rings is 2. The molecule has 0 saturated carbocycles. The Hall–Kier alpha value is -2.25. The molecule has 0 spiro atoms. The van der Waals surface area contributed by atoms with Crippen LogP contribution in [-0.4, -0.2) is 46.0 Å². The molecule has 1 aliphatic rings. The lowest BCUT2D eigenvalue weighted by molar-refractivity contribution is -0.129. The van der Waals surface area contributed by atoms with Gasteiger partial charge in [0, 0.05) is 13.1 Å². The van der Waals surface area contributed by atoms with Crippen molar-refractivity contribution in [1.82, 2.24) is 4.90 Å². The Kier molecular flexibility index (Phi) is 7.26. The largest absolute Gasteiger partial charge is 0.495 e. The van der Waals surface area contributed by atoms with E-state index in [2.05, 4.69) is 0 Å². The Labute approximate surface area is 183 Å². The van der Waals surface area contributed by atoms with Gasteiger partial charge in [0.15, 0.2) is 0 Å². The van der Waals surface area contributed by atoms with Crippen LogP contribution in [0.2, 0.25) is 5.02 Å². The van der Waals surface area contributed by atoms with Gasteiger partial charge in [-0.25, -0.2) is 8.42 Å². The Bertz CT molecular complexity index is 985. The van der Waals surface area contributed by atoms with Crippen molar-refractivity contribution in [3.63, 3.8) is 0 Å². The molecule has 1 saturated heterocycles. The molecule has 0 unspecified atom stereocenters. The molecular formula is C22H27ClN2O4S. The van der Waals surface area contributed by atoms with Crippen LogP contribution < -0.4 is 9.04 Å². The first-order valence-corrected chi connectivity index (χ1v) is 11.9. The number of methoxy groups -OCH3 is 1.